The predicted molar refractivity (Wildman–Crippen MR) is 88.3 cm³/mol. The average molecular weight is 363 g/mol. The molecule has 2 aliphatic heterocycles. The van der Waals surface area contributed by atoms with Crippen LogP contribution in [0, 0.1) is 5.92 Å². The first-order chi connectivity index (χ1) is 11.3. The molecule has 8 heteroatoms. The van der Waals surface area contributed by atoms with Crippen LogP contribution in [0.3, 0.4) is 0 Å². The normalized spacial score (nSPS) is 29.9. The molecule has 0 bridgehead atoms. The summed E-state index contributed by atoms with van der Waals surface area (Å²) in [6.07, 6.45) is -0.875. The van der Waals surface area contributed by atoms with Gasteiger partial charge in [-0.15, -0.1) is 11.3 Å². The van der Waals surface area contributed by atoms with Gasteiger partial charge in [0.25, 0.3) is 0 Å². The van der Waals surface area contributed by atoms with Crippen molar-refractivity contribution in [3.63, 3.8) is 0 Å². The second kappa shape index (κ2) is 7.17. The van der Waals surface area contributed by atoms with Crippen LogP contribution in [-0.4, -0.2) is 53.3 Å². The fourth-order valence-electron chi connectivity index (χ4n) is 3.73. The molecule has 1 N–H and O–H groups in total. The zero-order chi connectivity index (χ0) is 17.3. The van der Waals surface area contributed by atoms with E-state index >= 15 is 0 Å². The molecule has 3 heterocycles. The van der Waals surface area contributed by atoms with Gasteiger partial charge >= 0.3 is 6.18 Å². The first-order valence-corrected chi connectivity index (χ1v) is 9.40. The molecule has 3 atom stereocenters. The summed E-state index contributed by atoms with van der Waals surface area (Å²) in [4.78, 5) is 8.19. The Morgan fingerprint density at radius 2 is 2.12 bits per heavy atom. The van der Waals surface area contributed by atoms with Gasteiger partial charge in [-0.05, 0) is 38.5 Å². The molecule has 24 heavy (non-hydrogen) atoms. The van der Waals surface area contributed by atoms with E-state index in [2.05, 4.69) is 16.8 Å². The molecule has 1 aromatic rings. The molecular formula is C16H24F3N3OS. The highest BCUT2D eigenvalue weighted by Crippen LogP contribution is 2.34. The number of alkyl halides is 3. The summed E-state index contributed by atoms with van der Waals surface area (Å²) in [6, 6.07) is 0.362. The Balaban J connectivity index is 1.59. The summed E-state index contributed by atoms with van der Waals surface area (Å²) < 4.78 is 38.2. The van der Waals surface area contributed by atoms with Gasteiger partial charge in [0.05, 0.1) is 6.10 Å². The van der Waals surface area contributed by atoms with E-state index in [0.717, 1.165) is 68.6 Å². The van der Waals surface area contributed by atoms with Crippen LogP contribution >= 0.6 is 11.3 Å². The number of halogens is 3. The Labute approximate surface area is 144 Å². The minimum absolute atomic E-state index is 0.199. The summed E-state index contributed by atoms with van der Waals surface area (Å²) in [5.74, 6) is 0.440. The zero-order valence-corrected chi connectivity index (χ0v) is 14.6. The lowest BCUT2D eigenvalue weighted by Crippen LogP contribution is -2.47. The summed E-state index contributed by atoms with van der Waals surface area (Å²) in [5, 5.41) is 11.3. The molecule has 2 fully saturated rings. The van der Waals surface area contributed by atoms with Crippen LogP contribution in [0.5, 0.6) is 0 Å². The lowest BCUT2D eigenvalue weighted by atomic mass is 9.94. The van der Waals surface area contributed by atoms with E-state index in [4.69, 9.17) is 0 Å². The Bertz CT molecular complexity index is 551. The van der Waals surface area contributed by atoms with Crippen LogP contribution in [0.4, 0.5) is 18.3 Å². The van der Waals surface area contributed by atoms with Crippen molar-refractivity contribution in [2.24, 2.45) is 5.92 Å². The van der Waals surface area contributed by atoms with Gasteiger partial charge in [-0.25, -0.2) is 4.98 Å². The van der Waals surface area contributed by atoms with Crippen molar-refractivity contribution >= 4 is 16.5 Å². The second-order valence-corrected chi connectivity index (χ2v) is 7.83. The molecule has 2 saturated heterocycles. The summed E-state index contributed by atoms with van der Waals surface area (Å²) in [6.45, 7) is 5.52. The number of aliphatic hydroxyl groups is 1. The highest BCUT2D eigenvalue weighted by molar-refractivity contribution is 7.13. The molecule has 2 aliphatic rings. The van der Waals surface area contributed by atoms with Crippen molar-refractivity contribution in [2.75, 3.05) is 31.1 Å². The molecule has 0 spiro atoms. The fourth-order valence-corrected chi connectivity index (χ4v) is 4.60. The van der Waals surface area contributed by atoms with Gasteiger partial charge in [0.1, 0.15) is 0 Å². The second-order valence-electron chi connectivity index (χ2n) is 6.99. The predicted octanol–water partition coefficient (Wildman–Crippen LogP) is 3.22. The summed E-state index contributed by atoms with van der Waals surface area (Å²) in [5.41, 5.74) is -0.789. The van der Waals surface area contributed by atoms with E-state index in [1.54, 1.807) is 0 Å². The van der Waals surface area contributed by atoms with E-state index < -0.39 is 11.9 Å². The van der Waals surface area contributed by atoms with Crippen LogP contribution in [0.25, 0.3) is 0 Å². The molecule has 3 unspecified atom stereocenters. The SMILES string of the molecule is CC1CC(O)CCN1CC1CCCN(c2nc(C(F)(F)F)cs2)C1. The van der Waals surface area contributed by atoms with E-state index in [0.29, 0.717) is 17.1 Å². The van der Waals surface area contributed by atoms with Gasteiger partial charge in [-0.3, -0.25) is 0 Å². The first kappa shape index (κ1) is 17.9. The fraction of sp³-hybridized carbons (Fsp3) is 0.812. The van der Waals surface area contributed by atoms with E-state index in [1.807, 2.05) is 4.90 Å². The Kier molecular flexibility index (Phi) is 5.36. The van der Waals surface area contributed by atoms with Crippen molar-refractivity contribution in [1.82, 2.24) is 9.88 Å². The Hall–Kier alpha value is -0.860. The van der Waals surface area contributed by atoms with Crippen LogP contribution in [0.15, 0.2) is 5.38 Å². The number of aromatic nitrogens is 1. The van der Waals surface area contributed by atoms with E-state index in [-0.39, 0.29) is 6.10 Å². The number of hydrogen-bond acceptors (Lipinski definition) is 5. The molecule has 1 aromatic heterocycles. The van der Waals surface area contributed by atoms with Crippen molar-refractivity contribution in [1.29, 1.82) is 0 Å². The van der Waals surface area contributed by atoms with Gasteiger partial charge in [0.2, 0.25) is 0 Å². The van der Waals surface area contributed by atoms with Gasteiger partial charge < -0.3 is 14.9 Å². The number of likely N-dealkylation sites (tertiary alicyclic amines) is 1. The van der Waals surface area contributed by atoms with Crippen LogP contribution in [0.1, 0.15) is 38.3 Å². The molecule has 0 saturated carbocycles. The lowest BCUT2D eigenvalue weighted by molar-refractivity contribution is -0.140. The summed E-state index contributed by atoms with van der Waals surface area (Å²) >= 11 is 1.08. The van der Waals surface area contributed by atoms with E-state index in [9.17, 15) is 18.3 Å². The standard InChI is InChI=1S/C16H24F3N3OS/c1-11-7-13(23)4-6-21(11)8-12-3-2-5-22(9-12)15-20-14(10-24-15)16(17,18)19/h10-13,23H,2-9H2,1H3. The number of thiazole rings is 1. The third-order valence-electron chi connectivity index (χ3n) is 5.05. The van der Waals surface area contributed by atoms with Crippen molar-refractivity contribution in [3.8, 4) is 0 Å². The number of rotatable bonds is 3. The van der Waals surface area contributed by atoms with Gasteiger partial charge in [0, 0.05) is 37.6 Å². The van der Waals surface area contributed by atoms with Crippen LogP contribution < -0.4 is 4.90 Å². The number of aliphatic hydroxyl groups excluding tert-OH is 1. The van der Waals surface area contributed by atoms with Gasteiger partial charge in [-0.2, -0.15) is 13.2 Å². The highest BCUT2D eigenvalue weighted by Gasteiger charge is 2.35. The first-order valence-electron chi connectivity index (χ1n) is 8.52. The molecule has 0 aliphatic carbocycles. The topological polar surface area (TPSA) is 39.6 Å². The van der Waals surface area contributed by atoms with Crippen molar-refractivity contribution in [2.45, 2.75) is 50.9 Å². The zero-order valence-electron chi connectivity index (χ0n) is 13.8. The lowest BCUT2D eigenvalue weighted by Gasteiger charge is -2.40. The minimum atomic E-state index is -4.37. The highest BCUT2D eigenvalue weighted by atomic mass is 32.1. The molecule has 3 rings (SSSR count). The maximum absolute atomic E-state index is 12.7. The van der Waals surface area contributed by atoms with Gasteiger partial charge in [-0.1, -0.05) is 0 Å². The minimum Gasteiger partial charge on any atom is -0.393 e. The quantitative estimate of drug-likeness (QED) is 0.895. The third-order valence-corrected chi connectivity index (χ3v) is 5.95. The number of hydrogen-bond donors (Lipinski definition) is 1. The molecule has 0 amide bonds. The van der Waals surface area contributed by atoms with Crippen molar-refractivity contribution in [3.05, 3.63) is 11.1 Å². The van der Waals surface area contributed by atoms with Crippen molar-refractivity contribution < 1.29 is 18.3 Å². The Morgan fingerprint density at radius 1 is 1.33 bits per heavy atom. The van der Waals surface area contributed by atoms with Gasteiger partial charge in [0.15, 0.2) is 10.8 Å². The summed E-state index contributed by atoms with van der Waals surface area (Å²) in [7, 11) is 0. The van der Waals surface area contributed by atoms with Crippen LogP contribution in [-0.2, 0) is 6.18 Å². The number of piperidine rings is 2. The maximum atomic E-state index is 12.7. The molecule has 0 radical (unpaired) electrons. The number of anilines is 1. The smallest absolute Gasteiger partial charge is 0.393 e. The molecule has 4 nitrogen and oxygen atoms in total. The maximum Gasteiger partial charge on any atom is 0.434 e. The third kappa shape index (κ3) is 4.21. The average Bonchev–Trinajstić information content (AvgIpc) is 3.01. The molecule has 0 aromatic carbocycles. The molecule has 136 valence electrons. The Morgan fingerprint density at radius 3 is 2.79 bits per heavy atom. The number of nitrogens with zero attached hydrogens (tertiary/aromatic N) is 3. The monoisotopic (exact) mass is 363 g/mol. The van der Waals surface area contributed by atoms with E-state index in [1.165, 1.54) is 0 Å². The molecular weight excluding hydrogens is 339 g/mol. The largest absolute Gasteiger partial charge is 0.434 e. The van der Waals surface area contributed by atoms with Crippen LogP contribution in [0.2, 0.25) is 0 Å².